The molecule has 1 aliphatic rings. The van der Waals surface area contributed by atoms with Crippen LogP contribution in [-0.4, -0.2) is 32.2 Å². The van der Waals surface area contributed by atoms with E-state index in [0.29, 0.717) is 13.2 Å². The Morgan fingerprint density at radius 1 is 1.12 bits per heavy atom. The summed E-state index contributed by atoms with van der Waals surface area (Å²) in [7, 11) is 2.02. The summed E-state index contributed by atoms with van der Waals surface area (Å²) in [5.74, 6) is 1.58. The number of carbonyl (C=O) groups excluding carboxylic acids is 1. The van der Waals surface area contributed by atoms with Gasteiger partial charge in [-0.05, 0) is 37.3 Å². The molecule has 0 radical (unpaired) electrons. The fourth-order valence-corrected chi connectivity index (χ4v) is 2.67. The molecule has 3 rings (SSSR count). The van der Waals surface area contributed by atoms with Crippen LogP contribution in [0, 0.1) is 0 Å². The number of anilines is 1. The van der Waals surface area contributed by atoms with Gasteiger partial charge in [0, 0.05) is 11.3 Å². The summed E-state index contributed by atoms with van der Waals surface area (Å²) in [5.41, 5.74) is 1.94. The predicted molar refractivity (Wildman–Crippen MR) is 92.6 cm³/mol. The van der Waals surface area contributed by atoms with Crippen molar-refractivity contribution in [3.8, 4) is 11.5 Å². The SMILES string of the molecule is C[C@H](C(=O)Nc1ccccc1)[NH+](C)Cc1ccc2c(c1)OCCO2. The first-order valence-corrected chi connectivity index (χ1v) is 8.20. The number of ether oxygens (including phenoxy) is 2. The second-order valence-corrected chi connectivity index (χ2v) is 6.08. The number of amides is 1. The molecule has 1 aliphatic heterocycles. The Kier molecular flexibility index (Phi) is 5.01. The van der Waals surface area contributed by atoms with Gasteiger partial charge in [0.15, 0.2) is 17.5 Å². The molecule has 2 atom stereocenters. The van der Waals surface area contributed by atoms with E-state index in [-0.39, 0.29) is 11.9 Å². The molecule has 126 valence electrons. The molecule has 2 aromatic rings. The third kappa shape index (κ3) is 3.86. The molecule has 24 heavy (non-hydrogen) atoms. The lowest BCUT2D eigenvalue weighted by molar-refractivity contribution is -0.907. The zero-order valence-corrected chi connectivity index (χ0v) is 14.0. The van der Waals surface area contributed by atoms with Crippen molar-refractivity contribution in [2.24, 2.45) is 0 Å². The Morgan fingerprint density at radius 3 is 2.58 bits per heavy atom. The first-order valence-electron chi connectivity index (χ1n) is 8.20. The molecule has 0 bridgehead atoms. The maximum absolute atomic E-state index is 12.4. The van der Waals surface area contributed by atoms with E-state index in [0.717, 1.165) is 34.2 Å². The minimum Gasteiger partial charge on any atom is -0.486 e. The summed E-state index contributed by atoms with van der Waals surface area (Å²) in [6.07, 6.45) is 0. The molecule has 0 saturated carbocycles. The molecule has 0 saturated heterocycles. The number of hydrogen-bond donors (Lipinski definition) is 2. The zero-order chi connectivity index (χ0) is 16.9. The monoisotopic (exact) mass is 327 g/mol. The number of nitrogens with one attached hydrogen (secondary N) is 2. The van der Waals surface area contributed by atoms with Crippen LogP contribution in [0.2, 0.25) is 0 Å². The maximum atomic E-state index is 12.4. The summed E-state index contributed by atoms with van der Waals surface area (Å²) in [6.45, 7) is 3.84. The van der Waals surface area contributed by atoms with Crippen molar-refractivity contribution in [1.29, 1.82) is 0 Å². The quantitative estimate of drug-likeness (QED) is 0.875. The molecule has 0 fully saturated rings. The molecule has 2 aromatic carbocycles. The standard InChI is InChI=1S/C19H22N2O3/c1-14(19(22)20-16-6-4-3-5-7-16)21(2)13-15-8-9-17-18(12-15)24-11-10-23-17/h3-9,12,14H,10-11,13H2,1-2H3,(H,20,22)/p+1/t14-/m1/s1. The van der Waals surface area contributed by atoms with Crippen LogP contribution in [-0.2, 0) is 11.3 Å². The van der Waals surface area contributed by atoms with Gasteiger partial charge in [-0.25, -0.2) is 0 Å². The second-order valence-electron chi connectivity index (χ2n) is 6.08. The van der Waals surface area contributed by atoms with Crippen molar-refractivity contribution < 1.29 is 19.2 Å². The van der Waals surface area contributed by atoms with Gasteiger partial charge in [-0.15, -0.1) is 0 Å². The van der Waals surface area contributed by atoms with E-state index in [1.165, 1.54) is 0 Å². The highest BCUT2D eigenvalue weighted by molar-refractivity contribution is 5.93. The minimum absolute atomic E-state index is 0.0104. The largest absolute Gasteiger partial charge is 0.486 e. The minimum atomic E-state index is -0.168. The van der Waals surface area contributed by atoms with Crippen molar-refractivity contribution in [2.45, 2.75) is 19.5 Å². The number of hydrogen-bond acceptors (Lipinski definition) is 3. The Morgan fingerprint density at radius 2 is 1.83 bits per heavy atom. The van der Waals surface area contributed by atoms with Gasteiger partial charge in [0.1, 0.15) is 19.8 Å². The Hall–Kier alpha value is -2.53. The fraction of sp³-hybridized carbons (Fsp3) is 0.316. The number of fused-ring (bicyclic) bond motifs is 1. The smallest absolute Gasteiger partial charge is 0.282 e. The average molecular weight is 327 g/mol. The number of para-hydroxylation sites is 1. The summed E-state index contributed by atoms with van der Waals surface area (Å²) < 4.78 is 11.2. The second kappa shape index (κ2) is 7.36. The van der Waals surface area contributed by atoms with E-state index in [2.05, 4.69) is 5.32 Å². The van der Waals surface area contributed by atoms with Crippen molar-refractivity contribution in [1.82, 2.24) is 0 Å². The molecule has 1 amide bonds. The third-order valence-corrected chi connectivity index (χ3v) is 4.26. The van der Waals surface area contributed by atoms with Crippen LogP contribution >= 0.6 is 0 Å². The van der Waals surface area contributed by atoms with Crippen molar-refractivity contribution in [3.05, 3.63) is 54.1 Å². The summed E-state index contributed by atoms with van der Waals surface area (Å²) in [6, 6.07) is 15.3. The number of carbonyl (C=O) groups is 1. The average Bonchev–Trinajstić information content (AvgIpc) is 2.61. The topological polar surface area (TPSA) is 52.0 Å². The van der Waals surface area contributed by atoms with E-state index in [1.807, 2.05) is 62.5 Å². The molecular formula is C19H23N2O3+. The van der Waals surface area contributed by atoms with Gasteiger partial charge in [0.25, 0.3) is 5.91 Å². The van der Waals surface area contributed by atoms with Gasteiger partial charge < -0.3 is 19.7 Å². The fourth-order valence-electron chi connectivity index (χ4n) is 2.67. The van der Waals surface area contributed by atoms with Gasteiger partial charge >= 0.3 is 0 Å². The normalized spacial score (nSPS) is 15.4. The Labute approximate surface area is 142 Å². The number of rotatable bonds is 5. The summed E-state index contributed by atoms with van der Waals surface area (Å²) in [5, 5.41) is 2.95. The van der Waals surface area contributed by atoms with Gasteiger partial charge in [-0.3, -0.25) is 4.79 Å². The van der Waals surface area contributed by atoms with E-state index >= 15 is 0 Å². The predicted octanol–water partition coefficient (Wildman–Crippen LogP) is 1.50. The van der Waals surface area contributed by atoms with Gasteiger partial charge in [0.2, 0.25) is 0 Å². The Bertz CT molecular complexity index is 703. The lowest BCUT2D eigenvalue weighted by Crippen LogP contribution is -3.12. The lowest BCUT2D eigenvalue weighted by Gasteiger charge is -2.23. The van der Waals surface area contributed by atoms with E-state index in [4.69, 9.17) is 9.47 Å². The summed E-state index contributed by atoms with van der Waals surface area (Å²) in [4.78, 5) is 13.5. The summed E-state index contributed by atoms with van der Waals surface area (Å²) >= 11 is 0. The molecular weight excluding hydrogens is 304 g/mol. The van der Waals surface area contributed by atoms with Crippen molar-refractivity contribution in [2.75, 3.05) is 25.6 Å². The van der Waals surface area contributed by atoms with Crippen molar-refractivity contribution >= 4 is 11.6 Å². The maximum Gasteiger partial charge on any atom is 0.282 e. The van der Waals surface area contributed by atoms with Crippen LogP contribution in [0.25, 0.3) is 0 Å². The molecule has 5 heteroatoms. The van der Waals surface area contributed by atoms with Gasteiger partial charge in [-0.1, -0.05) is 18.2 Å². The molecule has 0 aliphatic carbocycles. The zero-order valence-electron chi connectivity index (χ0n) is 14.0. The van der Waals surface area contributed by atoms with Crippen LogP contribution in [0.1, 0.15) is 12.5 Å². The molecule has 0 aromatic heterocycles. The van der Waals surface area contributed by atoms with Crippen LogP contribution in [0.15, 0.2) is 48.5 Å². The third-order valence-electron chi connectivity index (χ3n) is 4.26. The Balaban J connectivity index is 1.61. The number of likely N-dealkylation sites (N-methyl/N-ethyl adjacent to an activating group) is 1. The van der Waals surface area contributed by atoms with Crippen LogP contribution in [0.3, 0.4) is 0 Å². The first-order chi connectivity index (χ1) is 11.6. The lowest BCUT2D eigenvalue weighted by atomic mass is 10.1. The molecule has 1 heterocycles. The van der Waals surface area contributed by atoms with E-state index in [1.54, 1.807) is 0 Å². The highest BCUT2D eigenvalue weighted by Gasteiger charge is 2.22. The van der Waals surface area contributed by atoms with Crippen molar-refractivity contribution in [3.63, 3.8) is 0 Å². The van der Waals surface area contributed by atoms with Crippen LogP contribution in [0.4, 0.5) is 5.69 Å². The van der Waals surface area contributed by atoms with Crippen LogP contribution < -0.4 is 19.7 Å². The van der Waals surface area contributed by atoms with Gasteiger partial charge in [-0.2, -0.15) is 0 Å². The highest BCUT2D eigenvalue weighted by atomic mass is 16.6. The number of quaternary nitrogens is 1. The molecule has 2 N–H and O–H groups in total. The first kappa shape index (κ1) is 16.3. The number of benzene rings is 2. The highest BCUT2D eigenvalue weighted by Crippen LogP contribution is 2.30. The molecule has 0 spiro atoms. The molecule has 5 nitrogen and oxygen atoms in total. The molecule has 1 unspecified atom stereocenters. The van der Waals surface area contributed by atoms with E-state index < -0.39 is 0 Å². The van der Waals surface area contributed by atoms with E-state index in [9.17, 15) is 4.79 Å². The van der Waals surface area contributed by atoms with Crippen LogP contribution in [0.5, 0.6) is 11.5 Å². The van der Waals surface area contributed by atoms with Gasteiger partial charge in [0.05, 0.1) is 7.05 Å².